The second-order valence-electron chi connectivity index (χ2n) is 6.35. The summed E-state index contributed by atoms with van der Waals surface area (Å²) in [7, 11) is 0. The molecular weight excluding hydrogens is 314 g/mol. The summed E-state index contributed by atoms with van der Waals surface area (Å²) in [5.74, 6) is 0. The summed E-state index contributed by atoms with van der Waals surface area (Å²) in [6.45, 7) is 8.66. The molecule has 0 bridgehead atoms. The van der Waals surface area contributed by atoms with Gasteiger partial charge in [0.1, 0.15) is 0 Å². The summed E-state index contributed by atoms with van der Waals surface area (Å²) in [4.78, 5) is 0. The first-order valence-electron chi connectivity index (χ1n) is 7.38. The molecule has 1 aliphatic rings. The van der Waals surface area contributed by atoms with Crippen LogP contribution in [0, 0.1) is 11.3 Å². The maximum absolute atomic E-state index is 8.67. The summed E-state index contributed by atoms with van der Waals surface area (Å²) in [5, 5.41) is 8.67. The predicted molar refractivity (Wildman–Crippen MR) is 89.4 cm³/mol. The first-order valence-corrected chi connectivity index (χ1v) is 11.7. The number of rotatable bonds is 6. The predicted octanol–water partition coefficient (Wildman–Crippen LogP) is 5.32. The van der Waals surface area contributed by atoms with Crippen LogP contribution in [0.4, 0.5) is 0 Å². The van der Waals surface area contributed by atoms with Crippen molar-refractivity contribution in [2.24, 2.45) is 0 Å². The first kappa shape index (κ1) is 18.5. The zero-order chi connectivity index (χ0) is 15.5. The van der Waals surface area contributed by atoms with Crippen molar-refractivity contribution in [2.75, 3.05) is 18.9 Å². The number of hydrogen-bond acceptors (Lipinski definition) is 3. The van der Waals surface area contributed by atoms with Gasteiger partial charge in [-0.25, -0.2) is 0 Å². The molecule has 0 saturated carbocycles. The van der Waals surface area contributed by atoms with Crippen LogP contribution in [0.25, 0.3) is 0 Å². The van der Waals surface area contributed by atoms with E-state index in [2.05, 4.69) is 24.6 Å². The van der Waals surface area contributed by atoms with Crippen molar-refractivity contribution in [3.8, 4) is 6.07 Å². The summed E-state index contributed by atoms with van der Waals surface area (Å²) in [6, 6.07) is 2.31. The van der Waals surface area contributed by atoms with Gasteiger partial charge in [0.05, 0.1) is 0 Å². The molecule has 0 aromatic heterocycles. The Labute approximate surface area is 133 Å². The Balaban J connectivity index is 3.01. The molecule has 0 unspecified atom stereocenters. The van der Waals surface area contributed by atoms with Crippen molar-refractivity contribution in [3.05, 3.63) is 0 Å². The van der Waals surface area contributed by atoms with Crippen LogP contribution in [0.5, 0.6) is 0 Å². The van der Waals surface area contributed by atoms with Gasteiger partial charge < -0.3 is 0 Å². The molecule has 0 atom stereocenters. The van der Waals surface area contributed by atoms with Crippen molar-refractivity contribution in [2.45, 2.75) is 65.1 Å². The van der Waals surface area contributed by atoms with Gasteiger partial charge in [-0.2, -0.15) is 0 Å². The third-order valence-corrected chi connectivity index (χ3v) is 11.1. The Morgan fingerprint density at radius 3 is 2.25 bits per heavy atom. The standard InChI is InChI=1S/C14H27Cl2N2OP/c1-13(2)18(14(3,4)19-10-8-9-17)20(15,16)11-6-5-7-12-20/h13H,5-8,10-12H2,1-4H3. The van der Waals surface area contributed by atoms with E-state index in [1.54, 1.807) is 0 Å². The van der Waals surface area contributed by atoms with Crippen LogP contribution in [-0.4, -0.2) is 35.4 Å². The van der Waals surface area contributed by atoms with Gasteiger partial charge in [0.15, 0.2) is 0 Å². The van der Waals surface area contributed by atoms with E-state index in [-0.39, 0.29) is 6.04 Å². The Bertz CT molecular complexity index is 370. The van der Waals surface area contributed by atoms with Gasteiger partial charge in [0.2, 0.25) is 0 Å². The molecule has 1 heterocycles. The van der Waals surface area contributed by atoms with Crippen LogP contribution in [0.3, 0.4) is 0 Å². The second-order valence-corrected chi connectivity index (χ2v) is 15.4. The van der Waals surface area contributed by atoms with Gasteiger partial charge in [-0.3, -0.25) is 0 Å². The number of nitriles is 1. The SMILES string of the molecule is CC(C)N(C(C)(C)OCCC#N)P1(Cl)(Cl)CCCCC1. The average molecular weight is 341 g/mol. The maximum atomic E-state index is 8.67. The third kappa shape index (κ3) is 4.21. The third-order valence-electron chi connectivity index (χ3n) is 3.85. The topological polar surface area (TPSA) is 36.3 Å². The monoisotopic (exact) mass is 340 g/mol. The van der Waals surface area contributed by atoms with Crippen LogP contribution < -0.4 is 0 Å². The van der Waals surface area contributed by atoms with Gasteiger partial charge in [-0.05, 0) is 0 Å². The van der Waals surface area contributed by atoms with Crippen molar-refractivity contribution in [1.29, 1.82) is 5.26 Å². The number of nitrogens with zero attached hydrogens (tertiary/aromatic N) is 2. The molecule has 0 spiro atoms. The van der Waals surface area contributed by atoms with Gasteiger partial charge in [0.25, 0.3) is 0 Å². The van der Waals surface area contributed by atoms with E-state index in [1.165, 1.54) is 6.42 Å². The molecule has 6 heteroatoms. The zero-order valence-corrected chi connectivity index (χ0v) is 15.4. The summed E-state index contributed by atoms with van der Waals surface area (Å²) < 4.78 is 8.15. The van der Waals surface area contributed by atoms with Crippen LogP contribution >= 0.6 is 27.9 Å². The number of ether oxygens (including phenoxy) is 1. The van der Waals surface area contributed by atoms with E-state index in [4.69, 9.17) is 32.5 Å². The summed E-state index contributed by atoms with van der Waals surface area (Å²) in [6.07, 6.45) is 5.51. The molecule has 0 amide bonds. The van der Waals surface area contributed by atoms with Crippen LogP contribution in [-0.2, 0) is 4.74 Å². The minimum absolute atomic E-state index is 0.206. The fourth-order valence-corrected chi connectivity index (χ4v) is 11.4. The molecule has 0 aliphatic carbocycles. The Hall–Kier alpha value is 0.420. The van der Waals surface area contributed by atoms with Crippen LogP contribution in [0.2, 0.25) is 0 Å². The molecule has 1 rings (SSSR count). The van der Waals surface area contributed by atoms with E-state index < -0.39 is 11.2 Å². The van der Waals surface area contributed by atoms with E-state index in [1.807, 2.05) is 13.8 Å². The molecule has 0 aromatic carbocycles. The molecule has 1 fully saturated rings. The van der Waals surface area contributed by atoms with Gasteiger partial charge in [-0.15, -0.1) is 0 Å². The van der Waals surface area contributed by atoms with Gasteiger partial charge in [-0.1, -0.05) is 0 Å². The Morgan fingerprint density at radius 2 is 1.80 bits per heavy atom. The molecule has 3 nitrogen and oxygen atoms in total. The number of halogens is 2. The molecule has 0 N–H and O–H groups in total. The van der Waals surface area contributed by atoms with Crippen molar-refractivity contribution in [3.63, 3.8) is 0 Å². The normalized spacial score (nSPS) is 24.1. The average Bonchev–Trinajstić information content (AvgIpc) is 2.27. The van der Waals surface area contributed by atoms with E-state index in [0.29, 0.717) is 13.0 Å². The fraction of sp³-hybridized carbons (Fsp3) is 0.929. The first-order chi connectivity index (χ1) is 9.12. The minimum atomic E-state index is -2.94. The molecule has 0 aromatic rings. The van der Waals surface area contributed by atoms with E-state index >= 15 is 0 Å². The molecule has 1 aliphatic heterocycles. The summed E-state index contributed by atoms with van der Waals surface area (Å²) in [5.41, 5.74) is -3.49. The molecule has 20 heavy (non-hydrogen) atoms. The van der Waals surface area contributed by atoms with Crippen LogP contribution in [0.15, 0.2) is 0 Å². The molecule has 118 valence electrons. The van der Waals surface area contributed by atoms with Gasteiger partial charge >= 0.3 is 133 Å². The second kappa shape index (κ2) is 6.67. The quantitative estimate of drug-likeness (QED) is 0.372. The van der Waals surface area contributed by atoms with E-state index in [9.17, 15) is 0 Å². The zero-order valence-electron chi connectivity index (χ0n) is 13.0. The van der Waals surface area contributed by atoms with Crippen molar-refractivity contribution >= 4 is 27.9 Å². The van der Waals surface area contributed by atoms with Crippen molar-refractivity contribution in [1.82, 2.24) is 4.67 Å². The van der Waals surface area contributed by atoms with Crippen LogP contribution in [0.1, 0.15) is 53.4 Å². The fourth-order valence-electron chi connectivity index (χ4n) is 3.39. The Morgan fingerprint density at radius 1 is 1.25 bits per heavy atom. The van der Waals surface area contributed by atoms with E-state index in [0.717, 1.165) is 25.2 Å². The summed E-state index contributed by atoms with van der Waals surface area (Å²) >= 11 is 14.1. The molecule has 1 saturated heterocycles. The number of hydrogen-bond donors (Lipinski definition) is 0. The van der Waals surface area contributed by atoms with Gasteiger partial charge in [0, 0.05) is 0 Å². The van der Waals surface area contributed by atoms with Crippen molar-refractivity contribution < 1.29 is 4.74 Å². The Kier molecular flexibility index (Phi) is 6.16. The molecular formula is C14H27Cl2N2OP. The molecule has 0 radical (unpaired) electrons.